The molecule has 0 saturated carbocycles. The number of likely N-dealkylation sites (tertiary alicyclic amines) is 1. The third kappa shape index (κ3) is 2.33. The van der Waals surface area contributed by atoms with Crippen LogP contribution in [0.15, 0.2) is 24.3 Å². The highest BCUT2D eigenvalue weighted by atomic mass is 16.5. The van der Waals surface area contributed by atoms with Crippen LogP contribution in [0.4, 0.5) is 0 Å². The molecule has 3 nitrogen and oxygen atoms in total. The molecule has 1 N–H and O–H groups in total. The van der Waals surface area contributed by atoms with Gasteiger partial charge in [0.25, 0.3) is 0 Å². The largest absolute Gasteiger partial charge is 0.493 e. The zero-order chi connectivity index (χ0) is 13.4. The fraction of sp³-hybridized carbons (Fsp3) is 0.647. The van der Waals surface area contributed by atoms with Gasteiger partial charge in [-0.05, 0) is 44.3 Å². The molecule has 3 atom stereocenters. The van der Waals surface area contributed by atoms with Gasteiger partial charge in [-0.2, -0.15) is 0 Å². The maximum Gasteiger partial charge on any atom is 0.122 e. The molecule has 3 heteroatoms. The molecule has 0 bridgehead atoms. The van der Waals surface area contributed by atoms with Crippen LogP contribution in [0.5, 0.6) is 5.75 Å². The Morgan fingerprint density at radius 3 is 3.20 bits per heavy atom. The van der Waals surface area contributed by atoms with E-state index in [1.807, 2.05) is 0 Å². The number of ether oxygens (including phenoxy) is 1. The molecule has 3 aliphatic heterocycles. The molecule has 2 saturated heterocycles. The van der Waals surface area contributed by atoms with E-state index in [2.05, 4.69) is 34.5 Å². The number of hydrogen-bond acceptors (Lipinski definition) is 3. The first kappa shape index (κ1) is 12.7. The summed E-state index contributed by atoms with van der Waals surface area (Å²) in [5, 5.41) is 3.70. The number of hydrogen-bond donors (Lipinski definition) is 1. The van der Waals surface area contributed by atoms with Crippen molar-refractivity contribution in [3.63, 3.8) is 0 Å². The van der Waals surface area contributed by atoms with Gasteiger partial charge in [0.1, 0.15) is 5.75 Å². The lowest BCUT2D eigenvalue weighted by Gasteiger charge is -2.42. The Hall–Kier alpha value is -1.06. The first-order chi connectivity index (χ1) is 9.90. The molecule has 4 rings (SSSR count). The lowest BCUT2D eigenvalue weighted by atomic mass is 9.85. The third-order valence-electron chi connectivity index (χ3n) is 5.25. The van der Waals surface area contributed by atoms with Crippen LogP contribution in [0.1, 0.15) is 30.7 Å². The molecule has 1 aromatic rings. The van der Waals surface area contributed by atoms with Crippen molar-refractivity contribution in [2.45, 2.75) is 31.2 Å². The first-order valence-electron chi connectivity index (χ1n) is 8.07. The maximum absolute atomic E-state index is 5.82. The van der Waals surface area contributed by atoms with Gasteiger partial charge >= 0.3 is 0 Å². The molecule has 3 aliphatic rings. The fourth-order valence-corrected chi connectivity index (χ4v) is 4.18. The van der Waals surface area contributed by atoms with Crippen molar-refractivity contribution in [3.8, 4) is 5.75 Å². The van der Waals surface area contributed by atoms with Crippen LogP contribution in [0, 0.1) is 5.92 Å². The lowest BCUT2D eigenvalue weighted by molar-refractivity contribution is 0.106. The number of benzene rings is 1. The second-order valence-corrected chi connectivity index (χ2v) is 6.56. The highest BCUT2D eigenvalue weighted by Gasteiger charge is 2.33. The molecule has 0 radical (unpaired) electrons. The van der Waals surface area contributed by atoms with E-state index in [1.165, 1.54) is 51.0 Å². The second kappa shape index (κ2) is 5.38. The van der Waals surface area contributed by atoms with Gasteiger partial charge in [-0.1, -0.05) is 18.2 Å². The average Bonchev–Trinajstić information content (AvgIpc) is 2.91. The van der Waals surface area contributed by atoms with E-state index in [9.17, 15) is 0 Å². The number of nitrogens with one attached hydrogen (secondary N) is 1. The Kier molecular flexibility index (Phi) is 3.41. The van der Waals surface area contributed by atoms with Gasteiger partial charge in [-0.3, -0.25) is 0 Å². The minimum Gasteiger partial charge on any atom is -0.493 e. The van der Waals surface area contributed by atoms with Crippen LogP contribution < -0.4 is 10.1 Å². The Balaban J connectivity index is 1.41. The summed E-state index contributed by atoms with van der Waals surface area (Å²) in [6.45, 7) is 5.77. The van der Waals surface area contributed by atoms with Crippen LogP contribution in [0.3, 0.4) is 0 Å². The number of para-hydroxylation sites is 1. The van der Waals surface area contributed by atoms with E-state index < -0.39 is 0 Å². The lowest BCUT2D eigenvalue weighted by Crippen LogP contribution is -2.52. The zero-order valence-corrected chi connectivity index (χ0v) is 12.1. The molecule has 0 spiro atoms. The number of rotatable bonds is 2. The molecule has 0 aromatic heterocycles. The van der Waals surface area contributed by atoms with Crippen molar-refractivity contribution in [1.82, 2.24) is 10.2 Å². The minimum absolute atomic E-state index is 0.569. The van der Waals surface area contributed by atoms with E-state index in [4.69, 9.17) is 4.74 Å². The van der Waals surface area contributed by atoms with Crippen molar-refractivity contribution in [3.05, 3.63) is 29.8 Å². The zero-order valence-electron chi connectivity index (χ0n) is 12.1. The van der Waals surface area contributed by atoms with Crippen molar-refractivity contribution in [2.75, 3.05) is 32.8 Å². The van der Waals surface area contributed by atoms with Crippen molar-refractivity contribution >= 4 is 0 Å². The molecule has 0 amide bonds. The van der Waals surface area contributed by atoms with E-state index in [0.717, 1.165) is 24.3 Å². The molecule has 108 valence electrons. The fourth-order valence-electron chi connectivity index (χ4n) is 4.18. The SMILES string of the molecule is c1ccc2c(c1)OCC2CN1CCC2NCCCC2C1. The highest BCUT2D eigenvalue weighted by molar-refractivity contribution is 5.39. The van der Waals surface area contributed by atoms with Crippen LogP contribution in [0.25, 0.3) is 0 Å². The summed E-state index contributed by atoms with van der Waals surface area (Å²) in [5.74, 6) is 2.54. The predicted octanol–water partition coefficient (Wildman–Crippen LogP) is 2.24. The van der Waals surface area contributed by atoms with E-state index >= 15 is 0 Å². The molecular formula is C17H24N2O. The minimum atomic E-state index is 0.569. The molecule has 1 aromatic carbocycles. The predicted molar refractivity (Wildman–Crippen MR) is 80.2 cm³/mol. The standard InChI is InChI=1S/C17H24N2O/c1-2-6-17-15(5-1)14(12-20-17)11-19-9-7-16-13(10-19)4-3-8-18-16/h1-2,5-6,13-14,16,18H,3-4,7-12H2. The molecule has 20 heavy (non-hydrogen) atoms. The number of nitrogens with zero attached hydrogens (tertiary/aromatic N) is 1. The summed E-state index contributed by atoms with van der Waals surface area (Å²) >= 11 is 0. The Morgan fingerprint density at radius 2 is 2.20 bits per heavy atom. The van der Waals surface area contributed by atoms with E-state index in [1.54, 1.807) is 0 Å². The van der Waals surface area contributed by atoms with Crippen LogP contribution in [-0.4, -0.2) is 43.7 Å². The Morgan fingerprint density at radius 1 is 1.25 bits per heavy atom. The molecule has 3 heterocycles. The quantitative estimate of drug-likeness (QED) is 0.893. The van der Waals surface area contributed by atoms with Crippen molar-refractivity contribution < 1.29 is 4.74 Å². The van der Waals surface area contributed by atoms with E-state index in [0.29, 0.717) is 5.92 Å². The Bertz CT molecular complexity index is 476. The molecule has 2 fully saturated rings. The van der Waals surface area contributed by atoms with Gasteiger partial charge in [0, 0.05) is 30.6 Å². The van der Waals surface area contributed by atoms with Gasteiger partial charge in [0.2, 0.25) is 0 Å². The van der Waals surface area contributed by atoms with Crippen molar-refractivity contribution in [1.29, 1.82) is 0 Å². The maximum atomic E-state index is 5.82. The summed E-state index contributed by atoms with van der Waals surface area (Å²) in [6.07, 6.45) is 4.08. The smallest absolute Gasteiger partial charge is 0.122 e. The number of fused-ring (bicyclic) bond motifs is 2. The first-order valence-corrected chi connectivity index (χ1v) is 8.07. The van der Waals surface area contributed by atoms with Crippen LogP contribution >= 0.6 is 0 Å². The molecule has 0 aliphatic carbocycles. The van der Waals surface area contributed by atoms with Gasteiger partial charge < -0.3 is 15.0 Å². The molecular weight excluding hydrogens is 248 g/mol. The van der Waals surface area contributed by atoms with Gasteiger partial charge in [-0.25, -0.2) is 0 Å². The van der Waals surface area contributed by atoms with E-state index in [-0.39, 0.29) is 0 Å². The highest BCUT2D eigenvalue weighted by Crippen LogP contribution is 2.35. The van der Waals surface area contributed by atoms with Crippen LogP contribution in [-0.2, 0) is 0 Å². The van der Waals surface area contributed by atoms with Crippen molar-refractivity contribution in [2.24, 2.45) is 5.92 Å². The topological polar surface area (TPSA) is 24.5 Å². The summed E-state index contributed by atoms with van der Waals surface area (Å²) in [4.78, 5) is 2.67. The summed E-state index contributed by atoms with van der Waals surface area (Å²) < 4.78 is 5.82. The summed E-state index contributed by atoms with van der Waals surface area (Å²) in [7, 11) is 0. The normalized spacial score (nSPS) is 33.3. The van der Waals surface area contributed by atoms with Crippen LogP contribution in [0.2, 0.25) is 0 Å². The second-order valence-electron chi connectivity index (χ2n) is 6.56. The molecule has 3 unspecified atom stereocenters. The summed E-state index contributed by atoms with van der Waals surface area (Å²) in [6, 6.07) is 9.33. The average molecular weight is 272 g/mol. The Labute approximate surface area is 121 Å². The third-order valence-corrected chi connectivity index (χ3v) is 5.25. The monoisotopic (exact) mass is 272 g/mol. The van der Waals surface area contributed by atoms with Gasteiger partial charge in [-0.15, -0.1) is 0 Å². The van der Waals surface area contributed by atoms with Gasteiger partial charge in [0.15, 0.2) is 0 Å². The summed E-state index contributed by atoms with van der Waals surface area (Å²) in [5.41, 5.74) is 1.41. The van der Waals surface area contributed by atoms with Gasteiger partial charge in [0.05, 0.1) is 6.61 Å². The number of piperidine rings is 2.